The van der Waals surface area contributed by atoms with Gasteiger partial charge in [0.2, 0.25) is 5.91 Å². The van der Waals surface area contributed by atoms with Crippen LogP contribution < -0.4 is 4.90 Å². The second-order valence-corrected chi connectivity index (χ2v) is 6.67. The van der Waals surface area contributed by atoms with Crippen LogP contribution in [0.4, 0.5) is 5.69 Å². The molecule has 1 amide bonds. The van der Waals surface area contributed by atoms with Gasteiger partial charge in [-0.05, 0) is 37.4 Å². The van der Waals surface area contributed by atoms with E-state index >= 15 is 0 Å². The van der Waals surface area contributed by atoms with Gasteiger partial charge in [0.05, 0.1) is 19.3 Å². The Bertz CT molecular complexity index is 699. The van der Waals surface area contributed by atoms with Gasteiger partial charge in [0.1, 0.15) is 0 Å². The number of hydrogen-bond donors (Lipinski definition) is 0. The number of carbonyl (C=O) groups is 1. The first kappa shape index (κ1) is 15.3. The summed E-state index contributed by atoms with van der Waals surface area (Å²) in [6.45, 7) is 3.10. The summed E-state index contributed by atoms with van der Waals surface area (Å²) in [5.74, 6) is 0.213. The lowest BCUT2D eigenvalue weighted by molar-refractivity contribution is -0.120. The molecular formula is C18H23N5O. The van der Waals surface area contributed by atoms with Crippen LogP contribution in [0.3, 0.4) is 0 Å². The molecule has 1 fully saturated rings. The van der Waals surface area contributed by atoms with Crippen molar-refractivity contribution in [2.24, 2.45) is 0 Å². The number of anilines is 1. The van der Waals surface area contributed by atoms with Crippen molar-refractivity contribution in [1.29, 1.82) is 0 Å². The fraction of sp³-hybridized carbons (Fsp3) is 0.500. The summed E-state index contributed by atoms with van der Waals surface area (Å²) in [5, 5.41) is 7.96. The van der Waals surface area contributed by atoms with Gasteiger partial charge in [-0.3, -0.25) is 14.4 Å². The highest BCUT2D eigenvalue weighted by Crippen LogP contribution is 2.28. The Morgan fingerprint density at radius 1 is 1.21 bits per heavy atom. The largest absolute Gasteiger partial charge is 0.311 e. The molecule has 1 atom stereocenters. The molecule has 0 bridgehead atoms. The van der Waals surface area contributed by atoms with E-state index in [0.29, 0.717) is 12.6 Å². The summed E-state index contributed by atoms with van der Waals surface area (Å²) in [6.07, 6.45) is 8.06. The Morgan fingerprint density at radius 3 is 3.00 bits per heavy atom. The van der Waals surface area contributed by atoms with Gasteiger partial charge in [-0.1, -0.05) is 29.8 Å². The van der Waals surface area contributed by atoms with Gasteiger partial charge in [0.25, 0.3) is 0 Å². The van der Waals surface area contributed by atoms with E-state index in [0.717, 1.165) is 44.6 Å². The Hall–Kier alpha value is -2.21. The third-order valence-electron chi connectivity index (χ3n) is 5.15. The molecule has 2 aliphatic rings. The third kappa shape index (κ3) is 3.06. The van der Waals surface area contributed by atoms with Crippen molar-refractivity contribution in [3.63, 3.8) is 0 Å². The minimum atomic E-state index is 0.213. The zero-order valence-electron chi connectivity index (χ0n) is 13.8. The number of hydrogen-bond acceptors (Lipinski definition) is 4. The molecule has 1 saturated heterocycles. The molecule has 0 spiro atoms. The number of fused-ring (bicyclic) bond motifs is 1. The van der Waals surface area contributed by atoms with Crippen LogP contribution in [0.2, 0.25) is 0 Å². The van der Waals surface area contributed by atoms with E-state index < -0.39 is 0 Å². The third-order valence-corrected chi connectivity index (χ3v) is 5.15. The fourth-order valence-corrected chi connectivity index (χ4v) is 3.88. The summed E-state index contributed by atoms with van der Waals surface area (Å²) in [5.41, 5.74) is 2.37. The maximum absolute atomic E-state index is 12.9. The number of amides is 1. The Labute approximate surface area is 142 Å². The monoisotopic (exact) mass is 325 g/mol. The van der Waals surface area contributed by atoms with Crippen LogP contribution in [0, 0.1) is 0 Å². The van der Waals surface area contributed by atoms with Gasteiger partial charge in [-0.2, -0.15) is 0 Å². The molecule has 0 aliphatic carbocycles. The first-order valence-electron chi connectivity index (χ1n) is 8.78. The highest BCUT2D eigenvalue weighted by molar-refractivity contribution is 5.96. The van der Waals surface area contributed by atoms with E-state index in [9.17, 15) is 4.79 Å². The summed E-state index contributed by atoms with van der Waals surface area (Å²) >= 11 is 0. The standard InChI is InChI=1S/C18H23N5O/c24-18(23-11-8-15-5-1-2-7-17(15)23)14-21-10-4-3-6-16(21)13-22-12-9-19-20-22/h1-2,5,7,9,12,16H,3-4,6,8,10-11,13-14H2. The molecule has 2 aliphatic heterocycles. The van der Waals surface area contributed by atoms with E-state index in [1.165, 1.54) is 12.0 Å². The molecule has 1 aromatic heterocycles. The minimum Gasteiger partial charge on any atom is -0.311 e. The van der Waals surface area contributed by atoms with Crippen molar-refractivity contribution in [2.75, 3.05) is 24.5 Å². The average Bonchev–Trinajstić information content (AvgIpc) is 3.26. The number of benzene rings is 1. The highest BCUT2D eigenvalue weighted by Gasteiger charge is 2.29. The Morgan fingerprint density at radius 2 is 2.12 bits per heavy atom. The molecule has 1 unspecified atom stereocenters. The van der Waals surface area contributed by atoms with Gasteiger partial charge >= 0.3 is 0 Å². The number of likely N-dealkylation sites (tertiary alicyclic amines) is 1. The molecule has 2 aromatic rings. The van der Waals surface area contributed by atoms with Gasteiger partial charge in [-0.25, -0.2) is 0 Å². The molecule has 0 saturated carbocycles. The van der Waals surface area contributed by atoms with Gasteiger partial charge in [-0.15, -0.1) is 5.10 Å². The first-order valence-corrected chi connectivity index (χ1v) is 8.78. The predicted molar refractivity (Wildman–Crippen MR) is 91.7 cm³/mol. The van der Waals surface area contributed by atoms with E-state index in [-0.39, 0.29) is 5.91 Å². The van der Waals surface area contributed by atoms with E-state index in [2.05, 4.69) is 27.3 Å². The number of para-hydroxylation sites is 1. The molecule has 0 N–H and O–H groups in total. The zero-order chi connectivity index (χ0) is 16.4. The molecule has 0 radical (unpaired) electrons. The van der Waals surface area contributed by atoms with Crippen molar-refractivity contribution in [1.82, 2.24) is 19.9 Å². The number of nitrogens with zero attached hydrogens (tertiary/aromatic N) is 5. The maximum Gasteiger partial charge on any atom is 0.241 e. The van der Waals surface area contributed by atoms with Crippen LogP contribution >= 0.6 is 0 Å². The number of aromatic nitrogens is 3. The lowest BCUT2D eigenvalue weighted by Crippen LogP contribution is -2.48. The van der Waals surface area contributed by atoms with Crippen LogP contribution in [0.5, 0.6) is 0 Å². The quantitative estimate of drug-likeness (QED) is 0.859. The van der Waals surface area contributed by atoms with Gasteiger partial charge in [0, 0.05) is 24.5 Å². The second-order valence-electron chi connectivity index (χ2n) is 6.67. The lowest BCUT2D eigenvalue weighted by atomic mass is 10.0. The Balaban J connectivity index is 1.44. The summed E-state index contributed by atoms with van der Waals surface area (Å²) in [4.78, 5) is 17.2. The normalized spacial score (nSPS) is 21.0. The van der Waals surface area contributed by atoms with E-state index in [1.54, 1.807) is 6.20 Å². The number of carbonyl (C=O) groups excluding carboxylic acids is 1. The van der Waals surface area contributed by atoms with Crippen LogP contribution in [0.25, 0.3) is 0 Å². The summed E-state index contributed by atoms with van der Waals surface area (Å²) < 4.78 is 1.87. The number of piperidine rings is 1. The van der Waals surface area contributed by atoms with Crippen molar-refractivity contribution < 1.29 is 4.79 Å². The summed E-state index contributed by atoms with van der Waals surface area (Å²) in [6, 6.07) is 8.60. The molecular weight excluding hydrogens is 302 g/mol. The SMILES string of the molecule is O=C(CN1CCCCC1Cn1ccnn1)N1CCc2ccccc21. The predicted octanol–water partition coefficient (Wildman–Crippen LogP) is 1.72. The van der Waals surface area contributed by atoms with Crippen LogP contribution in [-0.4, -0.2) is 51.5 Å². The zero-order valence-corrected chi connectivity index (χ0v) is 13.8. The van der Waals surface area contributed by atoms with Gasteiger partial charge in [0.15, 0.2) is 0 Å². The minimum absolute atomic E-state index is 0.213. The second kappa shape index (κ2) is 6.73. The van der Waals surface area contributed by atoms with Gasteiger partial charge < -0.3 is 4.90 Å². The Kier molecular flexibility index (Phi) is 4.30. The van der Waals surface area contributed by atoms with E-state index in [4.69, 9.17) is 0 Å². The molecule has 1 aromatic carbocycles. The van der Waals surface area contributed by atoms with E-state index in [1.807, 2.05) is 27.9 Å². The van der Waals surface area contributed by atoms with Crippen LogP contribution in [-0.2, 0) is 17.8 Å². The lowest BCUT2D eigenvalue weighted by Gasteiger charge is -2.36. The summed E-state index contributed by atoms with van der Waals surface area (Å²) in [7, 11) is 0. The molecule has 6 nitrogen and oxygen atoms in total. The molecule has 126 valence electrons. The maximum atomic E-state index is 12.9. The first-order chi connectivity index (χ1) is 11.8. The van der Waals surface area contributed by atoms with Crippen molar-refractivity contribution in [2.45, 2.75) is 38.3 Å². The van der Waals surface area contributed by atoms with Crippen LogP contribution in [0.15, 0.2) is 36.7 Å². The van der Waals surface area contributed by atoms with Crippen molar-refractivity contribution in [3.05, 3.63) is 42.2 Å². The average molecular weight is 325 g/mol. The fourth-order valence-electron chi connectivity index (χ4n) is 3.88. The number of rotatable bonds is 4. The van der Waals surface area contributed by atoms with Crippen LogP contribution in [0.1, 0.15) is 24.8 Å². The smallest absolute Gasteiger partial charge is 0.241 e. The van der Waals surface area contributed by atoms with Crippen molar-refractivity contribution in [3.8, 4) is 0 Å². The molecule has 6 heteroatoms. The molecule has 4 rings (SSSR count). The molecule has 24 heavy (non-hydrogen) atoms. The van der Waals surface area contributed by atoms with Crippen molar-refractivity contribution >= 4 is 11.6 Å². The molecule has 3 heterocycles. The highest BCUT2D eigenvalue weighted by atomic mass is 16.2. The topological polar surface area (TPSA) is 54.3 Å².